The standard InChI is InChI=1S/C19H32N4/c1-14(2)11-21-19(20)22-12-18(15(3)4)23-10-9-16-7-5-6-8-17(16)13-23/h5-8,14-15,18H,9-13H2,1-4H3,(H3,20,21,22). The van der Waals surface area contributed by atoms with Crippen molar-refractivity contribution in [2.45, 2.75) is 46.7 Å². The Hall–Kier alpha value is -1.55. The minimum atomic E-state index is 0.469. The van der Waals surface area contributed by atoms with E-state index in [1.54, 1.807) is 0 Å². The predicted molar refractivity (Wildman–Crippen MR) is 98.5 cm³/mol. The molecule has 0 amide bonds. The molecular weight excluding hydrogens is 284 g/mol. The van der Waals surface area contributed by atoms with Crippen LogP contribution in [0.4, 0.5) is 0 Å². The van der Waals surface area contributed by atoms with Gasteiger partial charge in [0.2, 0.25) is 0 Å². The summed E-state index contributed by atoms with van der Waals surface area (Å²) in [6.07, 6.45) is 1.14. The maximum atomic E-state index is 6.00. The van der Waals surface area contributed by atoms with E-state index in [9.17, 15) is 0 Å². The van der Waals surface area contributed by atoms with Crippen molar-refractivity contribution in [3.05, 3.63) is 35.4 Å². The van der Waals surface area contributed by atoms with Crippen molar-refractivity contribution in [1.29, 1.82) is 0 Å². The van der Waals surface area contributed by atoms with Crippen LogP contribution in [-0.2, 0) is 13.0 Å². The fourth-order valence-electron chi connectivity index (χ4n) is 3.13. The number of guanidine groups is 1. The SMILES string of the molecule is CC(C)CN=C(N)NCC(C(C)C)N1CCc2ccccc2C1. The summed E-state index contributed by atoms with van der Waals surface area (Å²) in [5, 5.41) is 3.33. The van der Waals surface area contributed by atoms with Crippen LogP contribution in [0, 0.1) is 11.8 Å². The third kappa shape index (κ3) is 5.24. The maximum absolute atomic E-state index is 6.00. The summed E-state index contributed by atoms with van der Waals surface area (Å²) >= 11 is 0. The van der Waals surface area contributed by atoms with Crippen molar-refractivity contribution in [3.63, 3.8) is 0 Å². The van der Waals surface area contributed by atoms with E-state index in [1.165, 1.54) is 11.1 Å². The molecule has 1 aliphatic rings. The molecule has 0 aromatic heterocycles. The van der Waals surface area contributed by atoms with Gasteiger partial charge in [0.1, 0.15) is 0 Å². The van der Waals surface area contributed by atoms with Gasteiger partial charge in [-0.25, -0.2) is 0 Å². The van der Waals surface area contributed by atoms with Crippen LogP contribution in [0.25, 0.3) is 0 Å². The molecule has 1 aromatic rings. The van der Waals surface area contributed by atoms with Gasteiger partial charge in [-0.2, -0.15) is 0 Å². The second-order valence-corrected chi connectivity index (χ2v) is 7.30. The number of nitrogens with two attached hydrogens (primary N) is 1. The minimum absolute atomic E-state index is 0.469. The number of benzene rings is 1. The maximum Gasteiger partial charge on any atom is 0.188 e. The number of nitrogens with one attached hydrogen (secondary N) is 1. The van der Waals surface area contributed by atoms with Gasteiger partial charge in [0, 0.05) is 32.2 Å². The highest BCUT2D eigenvalue weighted by Gasteiger charge is 2.25. The molecule has 1 atom stereocenters. The molecule has 0 saturated heterocycles. The summed E-state index contributed by atoms with van der Waals surface area (Å²) in [7, 11) is 0. The average molecular weight is 316 g/mol. The van der Waals surface area contributed by atoms with Crippen LogP contribution in [0.2, 0.25) is 0 Å². The van der Waals surface area contributed by atoms with E-state index in [1.807, 2.05) is 0 Å². The van der Waals surface area contributed by atoms with Gasteiger partial charge in [-0.15, -0.1) is 0 Å². The lowest BCUT2D eigenvalue weighted by Crippen LogP contribution is -2.49. The Morgan fingerprint density at radius 3 is 2.57 bits per heavy atom. The van der Waals surface area contributed by atoms with Crippen LogP contribution >= 0.6 is 0 Å². The highest BCUT2D eigenvalue weighted by molar-refractivity contribution is 5.77. The first-order valence-corrected chi connectivity index (χ1v) is 8.82. The number of fused-ring (bicyclic) bond motifs is 1. The molecule has 1 aromatic carbocycles. The Balaban J connectivity index is 1.96. The third-order valence-corrected chi connectivity index (χ3v) is 4.52. The van der Waals surface area contributed by atoms with Crippen molar-refractivity contribution in [1.82, 2.24) is 10.2 Å². The lowest BCUT2D eigenvalue weighted by molar-refractivity contribution is 0.140. The number of hydrogen-bond acceptors (Lipinski definition) is 2. The van der Waals surface area contributed by atoms with Crippen molar-refractivity contribution in [2.75, 3.05) is 19.6 Å². The molecule has 2 rings (SSSR count). The largest absolute Gasteiger partial charge is 0.370 e. The van der Waals surface area contributed by atoms with E-state index in [0.29, 0.717) is 23.8 Å². The summed E-state index contributed by atoms with van der Waals surface area (Å²) in [4.78, 5) is 6.98. The van der Waals surface area contributed by atoms with Gasteiger partial charge in [-0.1, -0.05) is 52.0 Å². The van der Waals surface area contributed by atoms with Gasteiger partial charge >= 0.3 is 0 Å². The summed E-state index contributed by atoms with van der Waals surface area (Å²) in [5.41, 5.74) is 8.96. The first kappa shape index (κ1) is 17.8. The zero-order valence-electron chi connectivity index (χ0n) is 15.0. The predicted octanol–water partition coefficient (Wildman–Crippen LogP) is 2.63. The molecule has 1 unspecified atom stereocenters. The van der Waals surface area contributed by atoms with Crippen LogP contribution in [0.5, 0.6) is 0 Å². The molecule has 0 bridgehead atoms. The Morgan fingerprint density at radius 1 is 1.22 bits per heavy atom. The zero-order valence-corrected chi connectivity index (χ0v) is 15.0. The van der Waals surface area contributed by atoms with E-state index in [0.717, 1.165) is 32.6 Å². The van der Waals surface area contributed by atoms with Crippen molar-refractivity contribution >= 4 is 5.96 Å². The lowest BCUT2D eigenvalue weighted by Gasteiger charge is -2.38. The highest BCUT2D eigenvalue weighted by Crippen LogP contribution is 2.22. The molecule has 23 heavy (non-hydrogen) atoms. The van der Waals surface area contributed by atoms with Crippen LogP contribution in [0.15, 0.2) is 29.3 Å². The van der Waals surface area contributed by atoms with Gasteiger partial charge in [-0.3, -0.25) is 9.89 Å². The third-order valence-electron chi connectivity index (χ3n) is 4.52. The van der Waals surface area contributed by atoms with Gasteiger partial charge in [-0.05, 0) is 29.4 Å². The van der Waals surface area contributed by atoms with E-state index < -0.39 is 0 Å². The van der Waals surface area contributed by atoms with Gasteiger partial charge in [0.05, 0.1) is 0 Å². The Morgan fingerprint density at radius 2 is 1.91 bits per heavy atom. The molecule has 4 heteroatoms. The van der Waals surface area contributed by atoms with E-state index >= 15 is 0 Å². The van der Waals surface area contributed by atoms with E-state index in [-0.39, 0.29) is 0 Å². The monoisotopic (exact) mass is 316 g/mol. The highest BCUT2D eigenvalue weighted by atomic mass is 15.2. The fourth-order valence-corrected chi connectivity index (χ4v) is 3.13. The summed E-state index contributed by atoms with van der Waals surface area (Å²) < 4.78 is 0. The fraction of sp³-hybridized carbons (Fsp3) is 0.632. The Labute approximate surface area is 141 Å². The molecule has 0 spiro atoms. The molecule has 1 heterocycles. The van der Waals surface area contributed by atoms with Gasteiger partial charge in [0.15, 0.2) is 5.96 Å². The van der Waals surface area contributed by atoms with Crippen molar-refractivity contribution in [2.24, 2.45) is 22.6 Å². The summed E-state index contributed by atoms with van der Waals surface area (Å²) in [6.45, 7) is 12.7. The van der Waals surface area contributed by atoms with Gasteiger partial charge in [0.25, 0.3) is 0 Å². The Kier molecular flexibility index (Phi) is 6.46. The lowest BCUT2D eigenvalue weighted by atomic mass is 9.95. The number of hydrogen-bond donors (Lipinski definition) is 2. The molecule has 128 valence electrons. The van der Waals surface area contributed by atoms with Crippen LogP contribution < -0.4 is 11.1 Å². The molecule has 4 nitrogen and oxygen atoms in total. The van der Waals surface area contributed by atoms with Crippen LogP contribution in [0.1, 0.15) is 38.8 Å². The van der Waals surface area contributed by atoms with Crippen molar-refractivity contribution < 1.29 is 0 Å². The van der Waals surface area contributed by atoms with Crippen molar-refractivity contribution in [3.8, 4) is 0 Å². The summed E-state index contributed by atoms with van der Waals surface area (Å²) in [6, 6.07) is 9.26. The molecule has 0 radical (unpaired) electrons. The normalized spacial score (nSPS) is 17.4. The number of rotatable bonds is 6. The number of nitrogens with zero attached hydrogens (tertiary/aromatic N) is 2. The average Bonchev–Trinajstić information content (AvgIpc) is 2.52. The minimum Gasteiger partial charge on any atom is -0.370 e. The molecule has 1 aliphatic heterocycles. The Bertz CT molecular complexity index is 522. The first-order chi connectivity index (χ1) is 11.0. The van der Waals surface area contributed by atoms with E-state index in [4.69, 9.17) is 5.73 Å². The second kappa shape index (κ2) is 8.34. The molecule has 0 saturated carbocycles. The van der Waals surface area contributed by atoms with Crippen LogP contribution in [-0.4, -0.2) is 36.5 Å². The molecule has 0 fully saturated rings. The second-order valence-electron chi connectivity index (χ2n) is 7.30. The first-order valence-electron chi connectivity index (χ1n) is 8.82. The molecule has 3 N–H and O–H groups in total. The summed E-state index contributed by atoms with van der Waals surface area (Å²) in [5.74, 6) is 1.68. The smallest absolute Gasteiger partial charge is 0.188 e. The molecule has 0 aliphatic carbocycles. The van der Waals surface area contributed by atoms with Gasteiger partial charge < -0.3 is 11.1 Å². The zero-order chi connectivity index (χ0) is 16.8. The quantitative estimate of drug-likeness (QED) is 0.626. The van der Waals surface area contributed by atoms with E-state index in [2.05, 4.69) is 67.2 Å². The topological polar surface area (TPSA) is 53.6 Å². The molecular formula is C19H32N4. The number of aliphatic imine (C=N–C) groups is 1. The van der Waals surface area contributed by atoms with Crippen LogP contribution in [0.3, 0.4) is 0 Å².